The second-order valence-corrected chi connectivity index (χ2v) is 8.07. The number of rotatable bonds is 10. The molecular weight excluding hydrogens is 380 g/mol. The third kappa shape index (κ3) is 5.53. The van der Waals surface area contributed by atoms with Gasteiger partial charge in [0.1, 0.15) is 11.5 Å². The quantitative estimate of drug-likeness (QED) is 0.643. The molecule has 0 radical (unpaired) electrons. The maximum atomic E-state index is 9.65. The molecule has 1 unspecified atom stereocenters. The molecule has 0 amide bonds. The van der Waals surface area contributed by atoms with Crippen LogP contribution < -0.4 is 9.47 Å². The molecule has 0 saturated carbocycles. The molecule has 30 heavy (non-hydrogen) atoms. The van der Waals surface area contributed by atoms with Crippen LogP contribution in [0.3, 0.4) is 0 Å². The van der Waals surface area contributed by atoms with Gasteiger partial charge in [0.25, 0.3) is 0 Å². The number of aryl methyl sites for hydroxylation is 1. The summed E-state index contributed by atoms with van der Waals surface area (Å²) in [5.74, 6) is 1.61. The lowest BCUT2D eigenvalue weighted by Gasteiger charge is -2.41. The molecule has 1 aromatic carbocycles. The molecule has 2 aromatic rings. The summed E-state index contributed by atoms with van der Waals surface area (Å²) in [4.78, 5) is 4.96. The van der Waals surface area contributed by atoms with E-state index in [0.29, 0.717) is 6.04 Å². The molecule has 1 saturated heterocycles. The van der Waals surface area contributed by atoms with Gasteiger partial charge in [-0.3, -0.25) is 14.5 Å². The van der Waals surface area contributed by atoms with Crippen molar-refractivity contribution in [2.24, 2.45) is 0 Å². The molecule has 1 aliphatic rings. The van der Waals surface area contributed by atoms with E-state index in [1.165, 1.54) is 16.8 Å². The van der Waals surface area contributed by atoms with Crippen LogP contribution in [0.15, 0.2) is 24.4 Å². The molecule has 1 N–H and O–H groups in total. The van der Waals surface area contributed by atoms with Crippen molar-refractivity contribution in [1.82, 2.24) is 19.6 Å². The number of methoxy groups -OCH3 is 2. The summed E-state index contributed by atoms with van der Waals surface area (Å²) in [5, 5.41) is 14.2. The van der Waals surface area contributed by atoms with E-state index >= 15 is 0 Å². The Balaban J connectivity index is 1.67. The van der Waals surface area contributed by atoms with E-state index in [1.54, 1.807) is 14.2 Å². The van der Waals surface area contributed by atoms with Gasteiger partial charge in [0, 0.05) is 69.2 Å². The monoisotopic (exact) mass is 416 g/mol. The molecule has 0 spiro atoms. The Morgan fingerprint density at radius 3 is 2.47 bits per heavy atom. The average molecular weight is 417 g/mol. The standard InChI is InChI=1S/C23H36N4O3/c1-5-7-27-18(2)20(14-24-27)16-25-8-9-26(21(17-25)6-10-28)15-19-11-22(29-3)13-23(12-19)30-4/h11-14,21,28H,5-10,15-17H2,1-4H3. The third-order valence-corrected chi connectivity index (χ3v) is 5.98. The van der Waals surface area contributed by atoms with Gasteiger partial charge in [-0.15, -0.1) is 0 Å². The predicted octanol–water partition coefficient (Wildman–Crippen LogP) is 2.69. The molecule has 7 nitrogen and oxygen atoms in total. The summed E-state index contributed by atoms with van der Waals surface area (Å²) in [6.45, 7) is 10.2. The fourth-order valence-electron chi connectivity index (χ4n) is 4.24. The Morgan fingerprint density at radius 2 is 1.83 bits per heavy atom. The molecule has 166 valence electrons. The number of benzene rings is 1. The van der Waals surface area contributed by atoms with Crippen LogP contribution in [-0.4, -0.2) is 71.2 Å². The van der Waals surface area contributed by atoms with Crippen LogP contribution in [0, 0.1) is 6.92 Å². The second-order valence-electron chi connectivity index (χ2n) is 8.07. The van der Waals surface area contributed by atoms with Crippen molar-refractivity contribution in [3.05, 3.63) is 41.2 Å². The lowest BCUT2D eigenvalue weighted by molar-refractivity contribution is 0.0498. The third-order valence-electron chi connectivity index (χ3n) is 5.98. The van der Waals surface area contributed by atoms with E-state index in [0.717, 1.165) is 63.6 Å². The Hall–Kier alpha value is -2.09. The lowest BCUT2D eigenvalue weighted by atomic mass is 10.1. The summed E-state index contributed by atoms with van der Waals surface area (Å²) in [5.41, 5.74) is 3.73. The van der Waals surface area contributed by atoms with Crippen LogP contribution in [-0.2, 0) is 19.6 Å². The number of aromatic nitrogens is 2. The Bertz CT molecular complexity index is 785. The Morgan fingerprint density at radius 1 is 1.10 bits per heavy atom. The first kappa shape index (κ1) is 22.6. The molecule has 7 heteroatoms. The van der Waals surface area contributed by atoms with Crippen molar-refractivity contribution < 1.29 is 14.6 Å². The highest BCUT2D eigenvalue weighted by molar-refractivity contribution is 5.38. The molecule has 2 heterocycles. The molecule has 0 aliphatic carbocycles. The maximum Gasteiger partial charge on any atom is 0.122 e. The fraction of sp³-hybridized carbons (Fsp3) is 0.609. The minimum atomic E-state index is 0.198. The lowest BCUT2D eigenvalue weighted by Crippen LogP contribution is -2.52. The first-order valence-corrected chi connectivity index (χ1v) is 10.9. The van der Waals surface area contributed by atoms with Gasteiger partial charge in [-0.25, -0.2) is 0 Å². The van der Waals surface area contributed by atoms with Gasteiger partial charge in [-0.05, 0) is 37.5 Å². The Kier molecular flexibility index (Phi) is 8.13. The van der Waals surface area contributed by atoms with E-state index in [2.05, 4.69) is 45.6 Å². The summed E-state index contributed by atoms with van der Waals surface area (Å²) in [6, 6.07) is 6.34. The number of nitrogens with zero attached hydrogens (tertiary/aromatic N) is 4. The maximum absolute atomic E-state index is 9.65. The van der Waals surface area contributed by atoms with Gasteiger partial charge in [0.2, 0.25) is 0 Å². The van der Waals surface area contributed by atoms with E-state index in [9.17, 15) is 5.11 Å². The van der Waals surface area contributed by atoms with Gasteiger partial charge >= 0.3 is 0 Å². The van der Waals surface area contributed by atoms with Crippen LogP contribution in [0.1, 0.15) is 36.6 Å². The summed E-state index contributed by atoms with van der Waals surface area (Å²) in [6.07, 6.45) is 3.88. The zero-order chi connectivity index (χ0) is 21.5. The number of aliphatic hydroxyl groups excluding tert-OH is 1. The van der Waals surface area contributed by atoms with Crippen LogP contribution in [0.4, 0.5) is 0 Å². The second kappa shape index (κ2) is 10.8. The minimum Gasteiger partial charge on any atom is -0.497 e. The summed E-state index contributed by atoms with van der Waals surface area (Å²) < 4.78 is 12.9. The van der Waals surface area contributed by atoms with Gasteiger partial charge < -0.3 is 14.6 Å². The van der Waals surface area contributed by atoms with E-state index < -0.39 is 0 Å². The average Bonchev–Trinajstić information content (AvgIpc) is 3.09. The largest absolute Gasteiger partial charge is 0.497 e. The van der Waals surface area contributed by atoms with E-state index in [-0.39, 0.29) is 6.61 Å². The van der Waals surface area contributed by atoms with Crippen molar-refractivity contribution in [2.75, 3.05) is 40.5 Å². The van der Waals surface area contributed by atoms with Crippen molar-refractivity contribution in [3.63, 3.8) is 0 Å². The van der Waals surface area contributed by atoms with Crippen LogP contribution in [0.5, 0.6) is 11.5 Å². The molecule has 1 aliphatic heterocycles. The van der Waals surface area contributed by atoms with Gasteiger partial charge in [-0.2, -0.15) is 5.10 Å². The molecular formula is C23H36N4O3. The smallest absolute Gasteiger partial charge is 0.122 e. The molecule has 3 rings (SSSR count). The highest BCUT2D eigenvalue weighted by Gasteiger charge is 2.27. The first-order chi connectivity index (χ1) is 14.6. The predicted molar refractivity (Wildman–Crippen MR) is 118 cm³/mol. The zero-order valence-corrected chi connectivity index (χ0v) is 18.8. The van der Waals surface area contributed by atoms with Crippen molar-refractivity contribution in [3.8, 4) is 11.5 Å². The van der Waals surface area contributed by atoms with Crippen LogP contribution in [0.25, 0.3) is 0 Å². The minimum absolute atomic E-state index is 0.198. The van der Waals surface area contributed by atoms with Crippen molar-refractivity contribution in [2.45, 2.75) is 52.4 Å². The van der Waals surface area contributed by atoms with Crippen LogP contribution >= 0.6 is 0 Å². The molecule has 1 fully saturated rings. The van der Waals surface area contributed by atoms with Gasteiger partial charge in [-0.1, -0.05) is 6.92 Å². The zero-order valence-electron chi connectivity index (χ0n) is 18.8. The highest BCUT2D eigenvalue weighted by atomic mass is 16.5. The normalized spacial score (nSPS) is 18.0. The summed E-state index contributed by atoms with van der Waals surface area (Å²) in [7, 11) is 3.35. The number of piperazine rings is 1. The molecule has 0 bridgehead atoms. The van der Waals surface area contributed by atoms with Crippen molar-refractivity contribution in [1.29, 1.82) is 0 Å². The van der Waals surface area contributed by atoms with Crippen LogP contribution in [0.2, 0.25) is 0 Å². The number of aliphatic hydroxyl groups is 1. The SMILES string of the molecule is CCCn1ncc(CN2CCN(Cc3cc(OC)cc(OC)c3)C(CCO)C2)c1C. The Labute approximate surface area is 180 Å². The van der Waals surface area contributed by atoms with E-state index in [4.69, 9.17) is 9.47 Å². The molecule has 1 aromatic heterocycles. The number of hydrogen-bond acceptors (Lipinski definition) is 6. The fourth-order valence-corrected chi connectivity index (χ4v) is 4.24. The van der Waals surface area contributed by atoms with Gasteiger partial charge in [0.15, 0.2) is 0 Å². The van der Waals surface area contributed by atoms with E-state index in [1.807, 2.05) is 12.3 Å². The topological polar surface area (TPSA) is 63.0 Å². The van der Waals surface area contributed by atoms with Gasteiger partial charge in [0.05, 0.1) is 20.4 Å². The molecule has 1 atom stereocenters. The highest BCUT2D eigenvalue weighted by Crippen LogP contribution is 2.25. The number of ether oxygens (including phenoxy) is 2. The summed E-state index contributed by atoms with van der Waals surface area (Å²) >= 11 is 0. The number of hydrogen-bond donors (Lipinski definition) is 1. The first-order valence-electron chi connectivity index (χ1n) is 10.9. The van der Waals surface area contributed by atoms with Crippen molar-refractivity contribution >= 4 is 0 Å².